The van der Waals surface area contributed by atoms with Gasteiger partial charge in [-0.1, -0.05) is 18.9 Å². The molecule has 0 bridgehead atoms. The second-order valence-electron chi connectivity index (χ2n) is 6.09. The Bertz CT molecular complexity index is 442. The second kappa shape index (κ2) is 5.49. The molecule has 0 spiro atoms. The molecule has 1 aliphatic heterocycles. The normalized spacial score (nSPS) is 27.2. The van der Waals surface area contributed by atoms with Gasteiger partial charge in [0.05, 0.1) is 0 Å². The molecule has 1 aromatic heterocycles. The second-order valence-corrected chi connectivity index (χ2v) is 6.09. The van der Waals surface area contributed by atoms with E-state index in [1.54, 1.807) is 0 Å². The molecule has 0 amide bonds. The molecule has 3 rings (SSSR count). The van der Waals surface area contributed by atoms with Gasteiger partial charge >= 0.3 is 0 Å². The minimum absolute atomic E-state index is 0.594. The molecule has 0 unspecified atom stereocenters. The highest BCUT2D eigenvalue weighted by atomic mass is 15.2. The number of pyridine rings is 1. The molecule has 0 radical (unpaired) electrons. The SMILES string of the molecule is Cc1ccc(CN)c(N2CCC[C@H]3CCCC[C@H]32)n1. The van der Waals surface area contributed by atoms with Gasteiger partial charge in [-0.3, -0.25) is 0 Å². The smallest absolute Gasteiger partial charge is 0.133 e. The summed E-state index contributed by atoms with van der Waals surface area (Å²) in [6, 6.07) is 4.94. The zero-order valence-corrected chi connectivity index (χ0v) is 11.9. The number of nitrogens with two attached hydrogens (primary N) is 1. The molecular formula is C16H25N3. The molecule has 2 fully saturated rings. The largest absolute Gasteiger partial charge is 0.353 e. The van der Waals surface area contributed by atoms with Crippen LogP contribution >= 0.6 is 0 Å². The number of fused-ring (bicyclic) bond motifs is 1. The number of anilines is 1. The van der Waals surface area contributed by atoms with E-state index >= 15 is 0 Å². The molecule has 1 aromatic rings. The van der Waals surface area contributed by atoms with Crippen LogP contribution in [0.2, 0.25) is 0 Å². The van der Waals surface area contributed by atoms with E-state index in [0.717, 1.165) is 18.2 Å². The first kappa shape index (κ1) is 12.9. The fourth-order valence-corrected chi connectivity index (χ4v) is 3.87. The summed E-state index contributed by atoms with van der Waals surface area (Å²) >= 11 is 0. The van der Waals surface area contributed by atoms with Gasteiger partial charge in [-0.15, -0.1) is 0 Å². The first-order valence-electron chi connectivity index (χ1n) is 7.73. The fourth-order valence-electron chi connectivity index (χ4n) is 3.87. The topological polar surface area (TPSA) is 42.1 Å². The van der Waals surface area contributed by atoms with Gasteiger partial charge in [-0.05, 0) is 44.6 Å². The summed E-state index contributed by atoms with van der Waals surface area (Å²) < 4.78 is 0. The standard InChI is InChI=1S/C16H25N3/c1-12-8-9-14(11-17)16(18-12)19-10-4-6-13-5-2-3-7-15(13)19/h8-9,13,15H,2-7,10-11,17H2,1H3/t13-,15-/m1/s1. The lowest BCUT2D eigenvalue weighted by molar-refractivity contribution is 0.242. The van der Waals surface area contributed by atoms with Crippen molar-refractivity contribution in [3.8, 4) is 0 Å². The molecule has 3 heteroatoms. The highest BCUT2D eigenvalue weighted by molar-refractivity contribution is 5.49. The lowest BCUT2D eigenvalue weighted by atomic mass is 9.78. The van der Waals surface area contributed by atoms with E-state index in [4.69, 9.17) is 10.7 Å². The number of hydrogen-bond acceptors (Lipinski definition) is 3. The van der Waals surface area contributed by atoms with Crippen molar-refractivity contribution in [2.75, 3.05) is 11.4 Å². The van der Waals surface area contributed by atoms with E-state index in [1.165, 1.54) is 49.9 Å². The van der Waals surface area contributed by atoms with Crippen LogP contribution in [0.25, 0.3) is 0 Å². The minimum Gasteiger partial charge on any atom is -0.353 e. The molecule has 1 saturated carbocycles. The van der Waals surface area contributed by atoms with Crippen LogP contribution in [0, 0.1) is 12.8 Å². The number of rotatable bonds is 2. The van der Waals surface area contributed by atoms with Crippen LogP contribution in [-0.2, 0) is 6.54 Å². The maximum Gasteiger partial charge on any atom is 0.133 e. The average Bonchev–Trinajstić information content (AvgIpc) is 2.46. The Morgan fingerprint density at radius 3 is 2.84 bits per heavy atom. The Labute approximate surface area is 116 Å². The Morgan fingerprint density at radius 2 is 2.00 bits per heavy atom. The molecule has 104 valence electrons. The number of aryl methyl sites for hydroxylation is 1. The third-order valence-electron chi connectivity index (χ3n) is 4.83. The number of aromatic nitrogens is 1. The molecule has 19 heavy (non-hydrogen) atoms. The summed E-state index contributed by atoms with van der Waals surface area (Å²) in [5.74, 6) is 2.05. The average molecular weight is 259 g/mol. The molecule has 1 saturated heterocycles. The summed E-state index contributed by atoms with van der Waals surface area (Å²) in [5.41, 5.74) is 8.22. The monoisotopic (exact) mass is 259 g/mol. The third-order valence-corrected chi connectivity index (χ3v) is 4.83. The van der Waals surface area contributed by atoms with Gasteiger partial charge < -0.3 is 10.6 Å². The molecule has 2 atom stereocenters. The van der Waals surface area contributed by atoms with Crippen LogP contribution in [0.15, 0.2) is 12.1 Å². The highest BCUT2D eigenvalue weighted by Gasteiger charge is 2.34. The molecule has 0 aromatic carbocycles. The van der Waals surface area contributed by atoms with Gasteiger partial charge in [0.25, 0.3) is 0 Å². The first-order valence-corrected chi connectivity index (χ1v) is 7.73. The molecule has 2 heterocycles. The Kier molecular flexibility index (Phi) is 3.74. The van der Waals surface area contributed by atoms with E-state index in [0.29, 0.717) is 12.6 Å². The number of nitrogens with zero attached hydrogens (tertiary/aromatic N) is 2. The summed E-state index contributed by atoms with van der Waals surface area (Å²) in [4.78, 5) is 7.38. The zero-order valence-electron chi connectivity index (χ0n) is 11.9. The summed E-state index contributed by atoms with van der Waals surface area (Å²) in [6.45, 7) is 3.83. The summed E-state index contributed by atoms with van der Waals surface area (Å²) in [5, 5.41) is 0. The molecule has 1 aliphatic carbocycles. The summed E-state index contributed by atoms with van der Waals surface area (Å²) in [7, 11) is 0. The van der Waals surface area contributed by atoms with Crippen molar-refractivity contribution >= 4 is 5.82 Å². The lowest BCUT2D eigenvalue weighted by Crippen LogP contribution is -2.47. The van der Waals surface area contributed by atoms with Crippen molar-refractivity contribution < 1.29 is 0 Å². The van der Waals surface area contributed by atoms with Crippen LogP contribution in [-0.4, -0.2) is 17.6 Å². The molecule has 3 nitrogen and oxygen atoms in total. The van der Waals surface area contributed by atoms with Crippen molar-refractivity contribution in [1.29, 1.82) is 0 Å². The molecule has 2 N–H and O–H groups in total. The van der Waals surface area contributed by atoms with Crippen molar-refractivity contribution in [1.82, 2.24) is 4.98 Å². The van der Waals surface area contributed by atoms with Crippen molar-refractivity contribution in [2.45, 2.75) is 58.0 Å². The Balaban J connectivity index is 1.93. The number of piperidine rings is 1. The van der Waals surface area contributed by atoms with Gasteiger partial charge in [-0.2, -0.15) is 0 Å². The van der Waals surface area contributed by atoms with E-state index in [2.05, 4.69) is 24.0 Å². The van der Waals surface area contributed by atoms with Crippen molar-refractivity contribution in [3.63, 3.8) is 0 Å². The lowest BCUT2D eigenvalue weighted by Gasteiger charge is -2.45. The van der Waals surface area contributed by atoms with E-state index in [-0.39, 0.29) is 0 Å². The van der Waals surface area contributed by atoms with Crippen LogP contribution < -0.4 is 10.6 Å². The van der Waals surface area contributed by atoms with Crippen LogP contribution in [0.1, 0.15) is 49.8 Å². The van der Waals surface area contributed by atoms with Gasteiger partial charge in [0.2, 0.25) is 0 Å². The fraction of sp³-hybridized carbons (Fsp3) is 0.688. The maximum atomic E-state index is 5.91. The first-order chi connectivity index (χ1) is 9.29. The van der Waals surface area contributed by atoms with Gasteiger partial charge in [0.15, 0.2) is 0 Å². The predicted molar refractivity (Wildman–Crippen MR) is 79.2 cm³/mol. The van der Waals surface area contributed by atoms with Crippen molar-refractivity contribution in [3.05, 3.63) is 23.4 Å². The third kappa shape index (κ3) is 2.48. The van der Waals surface area contributed by atoms with E-state index in [9.17, 15) is 0 Å². The molecule has 2 aliphatic rings. The van der Waals surface area contributed by atoms with Gasteiger partial charge in [-0.25, -0.2) is 4.98 Å². The van der Waals surface area contributed by atoms with Gasteiger partial charge in [0.1, 0.15) is 5.82 Å². The van der Waals surface area contributed by atoms with Crippen LogP contribution in [0.5, 0.6) is 0 Å². The highest BCUT2D eigenvalue weighted by Crippen LogP contribution is 2.38. The quantitative estimate of drug-likeness (QED) is 0.887. The van der Waals surface area contributed by atoms with Crippen LogP contribution in [0.3, 0.4) is 0 Å². The van der Waals surface area contributed by atoms with Crippen molar-refractivity contribution in [2.24, 2.45) is 11.7 Å². The minimum atomic E-state index is 0.594. The maximum absolute atomic E-state index is 5.91. The number of hydrogen-bond donors (Lipinski definition) is 1. The Hall–Kier alpha value is -1.09. The predicted octanol–water partition coefficient (Wildman–Crippen LogP) is 3.01. The molecular weight excluding hydrogens is 234 g/mol. The van der Waals surface area contributed by atoms with E-state index < -0.39 is 0 Å². The zero-order chi connectivity index (χ0) is 13.2. The summed E-state index contributed by atoms with van der Waals surface area (Å²) in [6.07, 6.45) is 8.25. The van der Waals surface area contributed by atoms with E-state index in [1.807, 2.05) is 0 Å². The van der Waals surface area contributed by atoms with Gasteiger partial charge in [0, 0.05) is 30.4 Å². The Morgan fingerprint density at radius 1 is 1.21 bits per heavy atom. The van der Waals surface area contributed by atoms with Crippen LogP contribution in [0.4, 0.5) is 5.82 Å².